The Morgan fingerprint density at radius 3 is 2.45 bits per heavy atom. The Morgan fingerprint density at radius 2 is 1.73 bits per heavy atom. The molecule has 2 aliphatic carbocycles. The first-order valence-corrected chi connectivity index (χ1v) is 18.9. The third-order valence-corrected chi connectivity index (χ3v) is 10.2. The molecule has 2 aromatic heterocycles. The van der Waals surface area contributed by atoms with Crippen LogP contribution in [0.4, 0.5) is 4.79 Å². The van der Waals surface area contributed by atoms with Crippen molar-refractivity contribution < 1.29 is 14.3 Å². The molecule has 272 valence electrons. The van der Waals surface area contributed by atoms with E-state index in [4.69, 9.17) is 16.3 Å². The maximum absolute atomic E-state index is 11.7. The predicted molar refractivity (Wildman–Crippen MR) is 203 cm³/mol. The summed E-state index contributed by atoms with van der Waals surface area (Å²) >= 11 is 6.03. The molecule has 2 fully saturated rings. The highest BCUT2D eigenvalue weighted by atomic mass is 35.5. The fourth-order valence-electron chi connectivity index (χ4n) is 6.76. The van der Waals surface area contributed by atoms with Gasteiger partial charge in [0.2, 0.25) is 6.41 Å². The number of hydrogen-bond donors (Lipinski definition) is 1. The van der Waals surface area contributed by atoms with Crippen LogP contribution in [0.25, 0.3) is 0 Å². The van der Waals surface area contributed by atoms with Gasteiger partial charge >= 0.3 is 6.09 Å². The van der Waals surface area contributed by atoms with Crippen molar-refractivity contribution in [1.29, 1.82) is 0 Å². The number of imidazole rings is 1. The third-order valence-electron chi connectivity index (χ3n) is 9.94. The van der Waals surface area contributed by atoms with Crippen LogP contribution < -0.4 is 5.32 Å². The highest BCUT2D eigenvalue weighted by Gasteiger charge is 2.23. The Kier molecular flexibility index (Phi) is 14.9. The smallest absolute Gasteiger partial charge is 0.410 e. The number of halogens is 1. The first-order valence-electron chi connectivity index (χ1n) is 18.5. The Balaban J connectivity index is 0.000000150. The molecular formula is C41H53ClN6O3. The zero-order valence-electron chi connectivity index (χ0n) is 30.2. The number of aromatic nitrogens is 3. The average molecular weight is 713 g/mol. The monoisotopic (exact) mass is 712 g/mol. The normalized spacial score (nSPS) is 15.5. The molecule has 51 heavy (non-hydrogen) atoms. The molecule has 4 aromatic rings. The number of carbonyl (C=O) groups is 2. The van der Waals surface area contributed by atoms with Gasteiger partial charge in [-0.25, -0.2) is 9.78 Å². The summed E-state index contributed by atoms with van der Waals surface area (Å²) < 4.78 is 7.63. The number of piperazine rings is 1. The fraction of sp³-hybridized carbons (Fsp3) is 0.463. The molecule has 10 heteroatoms. The summed E-state index contributed by atoms with van der Waals surface area (Å²) in [6.45, 7) is 9.76. The number of rotatable bonds is 8. The van der Waals surface area contributed by atoms with Crippen LogP contribution in [0, 0.1) is 13.8 Å². The molecular weight excluding hydrogens is 660 g/mol. The van der Waals surface area contributed by atoms with Crippen LogP contribution in [0.3, 0.4) is 0 Å². The van der Waals surface area contributed by atoms with Crippen molar-refractivity contribution >= 4 is 24.1 Å². The Bertz CT molecular complexity index is 1670. The van der Waals surface area contributed by atoms with E-state index in [9.17, 15) is 9.59 Å². The van der Waals surface area contributed by atoms with E-state index in [0.29, 0.717) is 6.54 Å². The number of fused-ring (bicyclic) bond motifs is 2. The Hall–Kier alpha value is -4.21. The lowest BCUT2D eigenvalue weighted by atomic mass is 9.98. The summed E-state index contributed by atoms with van der Waals surface area (Å²) in [6, 6.07) is 20.4. The Morgan fingerprint density at radius 1 is 0.961 bits per heavy atom. The number of nitrogens with zero attached hydrogens (tertiary/aromatic N) is 5. The number of aryl methyl sites for hydroxylation is 4. The molecule has 0 spiro atoms. The van der Waals surface area contributed by atoms with E-state index in [1.165, 1.54) is 47.3 Å². The molecule has 0 bridgehead atoms. The van der Waals surface area contributed by atoms with Gasteiger partial charge in [0.15, 0.2) is 0 Å². The van der Waals surface area contributed by atoms with Crippen molar-refractivity contribution in [3.63, 3.8) is 0 Å². The van der Waals surface area contributed by atoms with E-state index >= 15 is 0 Å². The molecule has 0 unspecified atom stereocenters. The third kappa shape index (κ3) is 11.9. The van der Waals surface area contributed by atoms with E-state index in [2.05, 4.69) is 45.0 Å². The Labute approximate surface area is 308 Å². The lowest BCUT2D eigenvalue weighted by Gasteiger charge is -2.29. The van der Waals surface area contributed by atoms with Gasteiger partial charge in [0.25, 0.3) is 0 Å². The second kappa shape index (κ2) is 20.0. The summed E-state index contributed by atoms with van der Waals surface area (Å²) in [5, 5.41) is 4.05. The first-order chi connectivity index (χ1) is 24.9. The highest BCUT2D eigenvalue weighted by molar-refractivity contribution is 6.30. The standard InChI is InChI=1S/C16H21N3O.C14H12ClN.C11H20N2O2/c1-14-15(2)19(12-17-14)10-6-9-18(13-20)11-16-7-4-3-5-8-16;15-13-6-5-12-9-14-10(2-1-7-16-14)3-4-11(12)8-13;14-11(13-8-6-12-7-9-13)15-10-4-2-1-3-5-10/h3-5,7-8,12-13H,6,9-11H2,1-2H3;1-2,5-8H,3-4,9H2;10,12H,1-9H2. The highest BCUT2D eigenvalue weighted by Crippen LogP contribution is 2.25. The van der Waals surface area contributed by atoms with Crippen LogP contribution in [0.2, 0.25) is 5.02 Å². The van der Waals surface area contributed by atoms with Crippen LogP contribution in [0.5, 0.6) is 0 Å². The van der Waals surface area contributed by atoms with Gasteiger partial charge in [0, 0.05) is 74.8 Å². The number of benzene rings is 2. The molecule has 1 aliphatic heterocycles. The molecule has 2 amide bonds. The number of amides is 2. The predicted octanol–water partition coefficient (Wildman–Crippen LogP) is 7.33. The van der Waals surface area contributed by atoms with Crippen molar-refractivity contribution in [3.8, 4) is 0 Å². The molecule has 1 saturated heterocycles. The van der Waals surface area contributed by atoms with Gasteiger partial charge < -0.3 is 24.4 Å². The molecule has 7 rings (SSSR count). The molecule has 9 nitrogen and oxygen atoms in total. The lowest BCUT2D eigenvalue weighted by Crippen LogP contribution is -2.47. The van der Waals surface area contributed by atoms with E-state index in [0.717, 1.165) is 100 Å². The van der Waals surface area contributed by atoms with Gasteiger partial charge in [-0.2, -0.15) is 0 Å². The van der Waals surface area contributed by atoms with Gasteiger partial charge in [-0.15, -0.1) is 0 Å². The summed E-state index contributed by atoms with van der Waals surface area (Å²) in [5.41, 5.74) is 8.74. The molecule has 0 atom stereocenters. The van der Waals surface area contributed by atoms with Crippen molar-refractivity contribution in [2.24, 2.45) is 0 Å². The second-order valence-corrected chi connectivity index (χ2v) is 14.0. The van der Waals surface area contributed by atoms with E-state index < -0.39 is 0 Å². The minimum Gasteiger partial charge on any atom is -0.446 e. The summed E-state index contributed by atoms with van der Waals surface area (Å²) in [7, 11) is 0. The van der Waals surface area contributed by atoms with E-state index in [-0.39, 0.29) is 12.2 Å². The summed E-state index contributed by atoms with van der Waals surface area (Å²) in [6.07, 6.45) is 14.6. The largest absolute Gasteiger partial charge is 0.446 e. The van der Waals surface area contributed by atoms with Gasteiger partial charge in [0.1, 0.15) is 6.10 Å². The van der Waals surface area contributed by atoms with Crippen molar-refractivity contribution in [3.05, 3.63) is 118 Å². The summed E-state index contributed by atoms with van der Waals surface area (Å²) in [4.78, 5) is 35.2. The van der Waals surface area contributed by atoms with Gasteiger partial charge in [-0.05, 0) is 99.2 Å². The number of carbonyl (C=O) groups excluding carboxylic acids is 2. The van der Waals surface area contributed by atoms with Crippen molar-refractivity contribution in [2.45, 2.75) is 90.8 Å². The second-order valence-electron chi connectivity index (χ2n) is 13.6. The van der Waals surface area contributed by atoms with E-state index in [1.807, 2.05) is 71.7 Å². The van der Waals surface area contributed by atoms with Crippen LogP contribution in [-0.4, -0.2) is 75.7 Å². The van der Waals surface area contributed by atoms with Gasteiger partial charge in [-0.1, -0.05) is 60.5 Å². The first kappa shape index (κ1) is 38.0. The fourth-order valence-corrected chi connectivity index (χ4v) is 6.95. The maximum Gasteiger partial charge on any atom is 0.410 e. The van der Waals surface area contributed by atoms with Crippen LogP contribution in [0.15, 0.2) is 73.2 Å². The summed E-state index contributed by atoms with van der Waals surface area (Å²) in [5.74, 6) is 0. The van der Waals surface area contributed by atoms with Crippen LogP contribution >= 0.6 is 11.6 Å². The van der Waals surface area contributed by atoms with E-state index in [1.54, 1.807) is 0 Å². The van der Waals surface area contributed by atoms with Crippen LogP contribution in [0.1, 0.15) is 77.9 Å². The quantitative estimate of drug-likeness (QED) is 0.192. The van der Waals surface area contributed by atoms with Crippen molar-refractivity contribution in [1.82, 2.24) is 29.7 Å². The van der Waals surface area contributed by atoms with Gasteiger partial charge in [-0.3, -0.25) is 9.78 Å². The molecule has 1 N–H and O–H groups in total. The zero-order chi connectivity index (χ0) is 35.8. The number of pyridine rings is 1. The molecule has 3 heterocycles. The number of nitrogens with one attached hydrogen (secondary N) is 1. The van der Waals surface area contributed by atoms with Crippen LogP contribution in [-0.2, 0) is 41.9 Å². The minimum atomic E-state index is -0.108. The topological polar surface area (TPSA) is 92.6 Å². The number of hydrogen-bond acceptors (Lipinski definition) is 6. The number of ether oxygens (including phenoxy) is 1. The minimum absolute atomic E-state index is 0.108. The molecule has 0 radical (unpaired) electrons. The SMILES string of the molecule is Cc1ncn(CCCN(C=O)Cc2ccccc2)c1C.Clc1ccc2c(c1)CCc1cccnc1C2.O=C(OC1CCCCC1)N1CCNCC1. The molecule has 2 aromatic carbocycles. The maximum atomic E-state index is 11.7. The lowest BCUT2D eigenvalue weighted by molar-refractivity contribution is -0.118. The van der Waals surface area contributed by atoms with Gasteiger partial charge in [0.05, 0.1) is 12.0 Å². The average Bonchev–Trinajstić information content (AvgIpc) is 3.37. The zero-order valence-corrected chi connectivity index (χ0v) is 31.0. The molecule has 3 aliphatic rings. The molecule has 1 saturated carbocycles. The van der Waals surface area contributed by atoms with Crippen molar-refractivity contribution in [2.75, 3.05) is 32.7 Å².